The highest BCUT2D eigenvalue weighted by atomic mass is 16.5. The molecule has 27 heavy (non-hydrogen) atoms. The van der Waals surface area contributed by atoms with Crippen LogP contribution in [-0.2, 0) is 24.9 Å². The first-order valence-electron chi connectivity index (χ1n) is 8.45. The van der Waals surface area contributed by atoms with E-state index in [-0.39, 0.29) is 18.0 Å². The summed E-state index contributed by atoms with van der Waals surface area (Å²) in [5.74, 6) is 0.960. The Hall–Kier alpha value is -3.29. The van der Waals surface area contributed by atoms with Crippen molar-refractivity contribution in [3.63, 3.8) is 0 Å². The molecule has 0 fully saturated rings. The number of aryl methyl sites for hydroxylation is 2. The number of fused-ring (bicyclic) bond motifs is 1. The zero-order valence-electron chi connectivity index (χ0n) is 15.8. The molecule has 3 aromatic rings. The predicted molar refractivity (Wildman–Crippen MR) is 101 cm³/mol. The van der Waals surface area contributed by atoms with Crippen molar-refractivity contribution in [3.8, 4) is 11.5 Å². The first-order chi connectivity index (χ1) is 12.9. The molecule has 0 radical (unpaired) electrons. The third-order valence-corrected chi connectivity index (χ3v) is 4.40. The number of nitrogens with zero attached hydrogens (tertiary/aromatic N) is 3. The van der Waals surface area contributed by atoms with Crippen molar-refractivity contribution in [3.05, 3.63) is 52.1 Å². The molecule has 8 heteroatoms. The minimum atomic E-state index is -0.259. The van der Waals surface area contributed by atoms with Gasteiger partial charge in [-0.3, -0.25) is 14.3 Å². The van der Waals surface area contributed by atoms with Crippen LogP contribution in [0.25, 0.3) is 10.9 Å². The molecule has 0 saturated heterocycles. The summed E-state index contributed by atoms with van der Waals surface area (Å²) in [6.07, 6.45) is 1.62. The van der Waals surface area contributed by atoms with Crippen LogP contribution in [0.15, 0.2) is 35.3 Å². The number of rotatable bonds is 6. The van der Waals surface area contributed by atoms with Crippen molar-refractivity contribution >= 4 is 16.8 Å². The van der Waals surface area contributed by atoms with Gasteiger partial charge in [0.2, 0.25) is 5.91 Å². The van der Waals surface area contributed by atoms with Gasteiger partial charge in [-0.2, -0.15) is 5.10 Å². The molecule has 1 amide bonds. The van der Waals surface area contributed by atoms with Gasteiger partial charge in [0, 0.05) is 25.2 Å². The molecule has 0 bridgehead atoms. The summed E-state index contributed by atoms with van der Waals surface area (Å²) in [4.78, 5) is 24.9. The normalized spacial score (nSPS) is 10.8. The van der Waals surface area contributed by atoms with Crippen LogP contribution in [0.3, 0.4) is 0 Å². The maximum Gasteiger partial charge on any atom is 0.277 e. The Kier molecular flexibility index (Phi) is 5.16. The van der Waals surface area contributed by atoms with Gasteiger partial charge in [-0.1, -0.05) is 6.07 Å². The summed E-state index contributed by atoms with van der Waals surface area (Å²) < 4.78 is 13.4. The fraction of sp³-hybridized carbons (Fsp3) is 0.316. The topological polar surface area (TPSA) is 87.4 Å². The van der Waals surface area contributed by atoms with Gasteiger partial charge in [0.05, 0.1) is 19.9 Å². The summed E-state index contributed by atoms with van der Waals surface area (Å²) in [6, 6.07) is 7.23. The second-order valence-electron chi connectivity index (χ2n) is 6.19. The Balaban J connectivity index is 1.71. The van der Waals surface area contributed by atoms with Gasteiger partial charge in [0.15, 0.2) is 11.5 Å². The summed E-state index contributed by atoms with van der Waals surface area (Å²) >= 11 is 0. The van der Waals surface area contributed by atoms with E-state index in [1.807, 2.05) is 13.0 Å². The minimum absolute atomic E-state index is 0.0632. The third-order valence-electron chi connectivity index (χ3n) is 4.40. The molecule has 0 aliphatic heterocycles. The lowest BCUT2D eigenvalue weighted by molar-refractivity contribution is -0.121. The van der Waals surface area contributed by atoms with E-state index in [0.717, 1.165) is 16.6 Å². The van der Waals surface area contributed by atoms with Crippen LogP contribution in [0.1, 0.15) is 11.3 Å². The van der Waals surface area contributed by atoms with Crippen molar-refractivity contribution in [2.75, 3.05) is 14.2 Å². The quantitative estimate of drug-likeness (QED) is 0.708. The zero-order chi connectivity index (χ0) is 19.6. The maximum atomic E-state index is 12.6. The van der Waals surface area contributed by atoms with Gasteiger partial charge < -0.3 is 19.4 Å². The molecule has 0 saturated carbocycles. The van der Waals surface area contributed by atoms with Gasteiger partial charge in [0.25, 0.3) is 5.56 Å². The highest BCUT2D eigenvalue weighted by Gasteiger charge is 2.13. The Morgan fingerprint density at radius 1 is 1.19 bits per heavy atom. The standard InChI is InChI=1S/C19H22N4O4/c1-12-14-7-8-23(19(25)18(14)22(2)21-12)11-17(24)20-10-13-5-6-15(26-3)16(9-13)27-4/h5-9H,10-11H2,1-4H3,(H,20,24). The van der Waals surface area contributed by atoms with Gasteiger partial charge >= 0.3 is 0 Å². The van der Waals surface area contributed by atoms with Crippen LogP contribution in [0.4, 0.5) is 0 Å². The molecule has 2 heterocycles. The minimum Gasteiger partial charge on any atom is -0.493 e. The lowest BCUT2D eigenvalue weighted by Gasteiger charge is -2.11. The van der Waals surface area contributed by atoms with Crippen LogP contribution in [0, 0.1) is 6.92 Å². The average Bonchev–Trinajstić information content (AvgIpc) is 2.96. The molecule has 3 rings (SSSR count). The second kappa shape index (κ2) is 7.53. The molecule has 1 N–H and O–H groups in total. The van der Waals surface area contributed by atoms with E-state index in [9.17, 15) is 9.59 Å². The van der Waals surface area contributed by atoms with E-state index >= 15 is 0 Å². The number of carbonyl (C=O) groups is 1. The fourth-order valence-corrected chi connectivity index (χ4v) is 3.02. The summed E-state index contributed by atoms with van der Waals surface area (Å²) in [5, 5.41) is 7.87. The van der Waals surface area contributed by atoms with Gasteiger partial charge in [0.1, 0.15) is 12.1 Å². The largest absolute Gasteiger partial charge is 0.493 e. The number of hydrogen-bond acceptors (Lipinski definition) is 5. The van der Waals surface area contributed by atoms with Crippen LogP contribution in [-0.4, -0.2) is 34.5 Å². The predicted octanol–water partition coefficient (Wildman–Crippen LogP) is 1.38. The maximum absolute atomic E-state index is 12.6. The van der Waals surface area contributed by atoms with Gasteiger partial charge in [-0.15, -0.1) is 0 Å². The highest BCUT2D eigenvalue weighted by Crippen LogP contribution is 2.27. The summed E-state index contributed by atoms with van der Waals surface area (Å²) in [6.45, 7) is 2.11. The molecule has 8 nitrogen and oxygen atoms in total. The summed E-state index contributed by atoms with van der Waals surface area (Å²) in [7, 11) is 4.85. The molecule has 1 aromatic carbocycles. The first-order valence-corrected chi connectivity index (χ1v) is 8.45. The number of amides is 1. The van der Waals surface area contributed by atoms with E-state index < -0.39 is 0 Å². The third kappa shape index (κ3) is 3.64. The van der Waals surface area contributed by atoms with Gasteiger partial charge in [-0.25, -0.2) is 0 Å². The number of pyridine rings is 1. The average molecular weight is 370 g/mol. The molecule has 0 aliphatic carbocycles. The van der Waals surface area contributed by atoms with Crippen molar-refractivity contribution in [1.82, 2.24) is 19.7 Å². The lowest BCUT2D eigenvalue weighted by atomic mass is 10.2. The zero-order valence-corrected chi connectivity index (χ0v) is 15.8. The Bertz CT molecular complexity index is 1050. The van der Waals surface area contributed by atoms with Crippen LogP contribution in [0.2, 0.25) is 0 Å². The van der Waals surface area contributed by atoms with Crippen LogP contribution < -0.4 is 20.3 Å². The molecule has 0 unspecified atom stereocenters. The molecule has 142 valence electrons. The molecule has 0 aliphatic rings. The molecular formula is C19H22N4O4. The van der Waals surface area contributed by atoms with E-state index in [1.54, 1.807) is 50.3 Å². The Morgan fingerprint density at radius 2 is 1.93 bits per heavy atom. The number of hydrogen-bond donors (Lipinski definition) is 1. The highest BCUT2D eigenvalue weighted by molar-refractivity contribution is 5.81. The van der Waals surface area contributed by atoms with E-state index in [4.69, 9.17) is 9.47 Å². The second-order valence-corrected chi connectivity index (χ2v) is 6.19. The smallest absolute Gasteiger partial charge is 0.277 e. The number of nitrogens with one attached hydrogen (secondary N) is 1. The molecule has 2 aromatic heterocycles. The molecule has 0 spiro atoms. The van der Waals surface area contributed by atoms with Crippen LogP contribution in [0.5, 0.6) is 11.5 Å². The van der Waals surface area contributed by atoms with Crippen molar-refractivity contribution < 1.29 is 14.3 Å². The molecule has 0 atom stereocenters. The van der Waals surface area contributed by atoms with Crippen LogP contribution >= 0.6 is 0 Å². The van der Waals surface area contributed by atoms with E-state index in [0.29, 0.717) is 23.6 Å². The number of carbonyl (C=O) groups excluding carboxylic acids is 1. The fourth-order valence-electron chi connectivity index (χ4n) is 3.02. The van der Waals surface area contributed by atoms with Gasteiger partial charge in [-0.05, 0) is 30.7 Å². The SMILES string of the molecule is COc1ccc(CNC(=O)Cn2ccc3c(C)nn(C)c3c2=O)cc1OC. The first kappa shape index (κ1) is 18.5. The van der Waals surface area contributed by atoms with Crippen molar-refractivity contribution in [2.45, 2.75) is 20.0 Å². The number of methoxy groups -OCH3 is 2. The lowest BCUT2D eigenvalue weighted by Crippen LogP contribution is -2.32. The monoisotopic (exact) mass is 370 g/mol. The molecular weight excluding hydrogens is 348 g/mol. The Morgan fingerprint density at radius 3 is 2.63 bits per heavy atom. The van der Waals surface area contributed by atoms with E-state index in [1.165, 1.54) is 4.57 Å². The number of ether oxygens (including phenoxy) is 2. The van der Waals surface area contributed by atoms with Crippen molar-refractivity contribution in [1.29, 1.82) is 0 Å². The Labute approximate surface area is 156 Å². The number of aromatic nitrogens is 3. The summed E-state index contributed by atoms with van der Waals surface area (Å²) in [5.41, 5.74) is 1.90. The van der Waals surface area contributed by atoms with Crippen molar-refractivity contribution in [2.24, 2.45) is 7.05 Å². The number of benzene rings is 1. The van der Waals surface area contributed by atoms with E-state index in [2.05, 4.69) is 10.4 Å².